The van der Waals surface area contributed by atoms with Crippen LogP contribution in [-0.2, 0) is 14.9 Å². The maximum Gasteiger partial charge on any atom is 0.169 e. The van der Waals surface area contributed by atoms with Crippen molar-refractivity contribution in [2.45, 2.75) is 25.2 Å². The normalized spacial score (nSPS) is 20.1. The van der Waals surface area contributed by atoms with E-state index in [0.717, 1.165) is 5.76 Å². The number of ether oxygens (including phenoxy) is 1. The lowest BCUT2D eigenvalue weighted by molar-refractivity contribution is -0.126. The summed E-state index contributed by atoms with van der Waals surface area (Å²) in [4.78, 5) is 11.8. The fraction of sp³-hybridized carbons (Fsp3) is 0.545. The lowest BCUT2D eigenvalue weighted by Crippen LogP contribution is -2.39. The highest BCUT2D eigenvalue weighted by molar-refractivity contribution is 9.10. The molecule has 2 heterocycles. The van der Waals surface area contributed by atoms with Gasteiger partial charge in [0.2, 0.25) is 0 Å². The van der Waals surface area contributed by atoms with Crippen LogP contribution in [-0.4, -0.2) is 19.0 Å². The minimum Gasteiger partial charge on any atom is -0.453 e. The van der Waals surface area contributed by atoms with Crippen molar-refractivity contribution in [1.29, 1.82) is 0 Å². The molecule has 82 valence electrons. The molecule has 0 N–H and O–H groups in total. The van der Waals surface area contributed by atoms with Gasteiger partial charge >= 0.3 is 0 Å². The lowest BCUT2D eigenvalue weighted by atomic mass is 9.75. The smallest absolute Gasteiger partial charge is 0.169 e. The van der Waals surface area contributed by atoms with Crippen molar-refractivity contribution in [3.05, 3.63) is 22.6 Å². The summed E-state index contributed by atoms with van der Waals surface area (Å²) < 4.78 is 11.5. The third kappa shape index (κ3) is 1.88. The molecule has 0 saturated carbocycles. The Morgan fingerprint density at radius 3 is 2.53 bits per heavy atom. The van der Waals surface area contributed by atoms with E-state index in [9.17, 15) is 4.79 Å². The van der Waals surface area contributed by atoms with Crippen molar-refractivity contribution in [3.8, 4) is 0 Å². The summed E-state index contributed by atoms with van der Waals surface area (Å²) >= 11 is 3.26. The van der Waals surface area contributed by atoms with Crippen LogP contribution >= 0.6 is 15.9 Å². The van der Waals surface area contributed by atoms with Gasteiger partial charge in [-0.25, -0.2) is 0 Å². The van der Waals surface area contributed by atoms with Crippen LogP contribution in [0.2, 0.25) is 0 Å². The average Bonchev–Trinajstić information content (AvgIpc) is 2.66. The maximum atomic E-state index is 11.8. The first-order chi connectivity index (χ1) is 7.15. The minimum absolute atomic E-state index is 0.160. The van der Waals surface area contributed by atoms with E-state index in [0.29, 0.717) is 30.7 Å². The van der Waals surface area contributed by atoms with Crippen LogP contribution < -0.4 is 0 Å². The number of hydrogen-bond acceptors (Lipinski definition) is 3. The molecule has 1 aromatic heterocycles. The van der Waals surface area contributed by atoms with Gasteiger partial charge < -0.3 is 9.15 Å². The van der Waals surface area contributed by atoms with Crippen molar-refractivity contribution < 1.29 is 13.9 Å². The van der Waals surface area contributed by atoms with E-state index in [1.807, 2.05) is 12.1 Å². The monoisotopic (exact) mass is 272 g/mol. The van der Waals surface area contributed by atoms with Gasteiger partial charge in [-0.15, -0.1) is 0 Å². The van der Waals surface area contributed by atoms with Gasteiger partial charge in [-0.05, 0) is 47.8 Å². The second-order valence-corrected chi connectivity index (χ2v) is 4.64. The zero-order chi connectivity index (χ0) is 10.9. The third-order valence-corrected chi connectivity index (χ3v) is 3.49. The molecular weight excluding hydrogens is 260 g/mol. The second-order valence-electron chi connectivity index (χ2n) is 3.85. The van der Waals surface area contributed by atoms with Crippen LogP contribution in [0, 0.1) is 0 Å². The number of rotatable bonds is 2. The molecule has 0 radical (unpaired) electrons. The van der Waals surface area contributed by atoms with Crippen molar-refractivity contribution in [3.63, 3.8) is 0 Å². The quantitative estimate of drug-likeness (QED) is 0.831. The molecule has 1 aromatic rings. The van der Waals surface area contributed by atoms with E-state index in [2.05, 4.69) is 15.9 Å². The first-order valence-corrected chi connectivity index (χ1v) is 5.79. The Balaban J connectivity index is 2.37. The van der Waals surface area contributed by atoms with Crippen molar-refractivity contribution in [1.82, 2.24) is 0 Å². The van der Waals surface area contributed by atoms with E-state index in [1.165, 1.54) is 0 Å². The highest BCUT2D eigenvalue weighted by atomic mass is 79.9. The number of ketones is 1. The molecule has 0 aromatic carbocycles. The van der Waals surface area contributed by atoms with Gasteiger partial charge in [-0.3, -0.25) is 4.79 Å². The Hall–Kier alpha value is -0.610. The number of carbonyl (C=O) groups is 1. The summed E-state index contributed by atoms with van der Waals surface area (Å²) in [6.07, 6.45) is 1.42. The maximum absolute atomic E-state index is 11.8. The lowest BCUT2D eigenvalue weighted by Gasteiger charge is -2.32. The molecule has 3 nitrogen and oxygen atoms in total. The van der Waals surface area contributed by atoms with Gasteiger partial charge in [0.15, 0.2) is 4.67 Å². The first kappa shape index (κ1) is 10.9. The van der Waals surface area contributed by atoms with Crippen molar-refractivity contribution >= 4 is 21.7 Å². The van der Waals surface area contributed by atoms with Gasteiger partial charge in [0.1, 0.15) is 11.5 Å². The molecule has 0 spiro atoms. The van der Waals surface area contributed by atoms with E-state index < -0.39 is 5.41 Å². The van der Waals surface area contributed by atoms with Gasteiger partial charge in [-0.2, -0.15) is 0 Å². The summed E-state index contributed by atoms with van der Waals surface area (Å²) in [5.41, 5.74) is -0.468. The summed E-state index contributed by atoms with van der Waals surface area (Å²) in [6.45, 7) is 2.87. The molecule has 1 fully saturated rings. The zero-order valence-corrected chi connectivity index (χ0v) is 10.2. The van der Waals surface area contributed by atoms with Gasteiger partial charge in [0.25, 0.3) is 0 Å². The van der Waals surface area contributed by atoms with Crippen molar-refractivity contribution in [2.75, 3.05) is 13.2 Å². The molecule has 0 amide bonds. The Morgan fingerprint density at radius 2 is 2.07 bits per heavy atom. The number of carbonyl (C=O) groups excluding carboxylic acids is 1. The summed E-state index contributed by atoms with van der Waals surface area (Å²) in [6, 6.07) is 3.70. The molecule has 0 aliphatic carbocycles. The van der Waals surface area contributed by atoms with E-state index in [1.54, 1.807) is 6.92 Å². The van der Waals surface area contributed by atoms with Crippen LogP contribution in [0.4, 0.5) is 0 Å². The van der Waals surface area contributed by atoms with E-state index >= 15 is 0 Å². The van der Waals surface area contributed by atoms with E-state index in [-0.39, 0.29) is 5.78 Å². The van der Waals surface area contributed by atoms with Crippen LogP contribution in [0.15, 0.2) is 21.2 Å². The average molecular weight is 273 g/mol. The molecule has 0 bridgehead atoms. The number of furan rings is 1. The zero-order valence-electron chi connectivity index (χ0n) is 8.59. The molecule has 1 aliphatic heterocycles. The van der Waals surface area contributed by atoms with Crippen molar-refractivity contribution in [2.24, 2.45) is 0 Å². The topological polar surface area (TPSA) is 39.4 Å². The Kier molecular flexibility index (Phi) is 2.98. The summed E-state index contributed by atoms with van der Waals surface area (Å²) in [5, 5.41) is 0. The molecule has 15 heavy (non-hydrogen) atoms. The highest BCUT2D eigenvalue weighted by Crippen LogP contribution is 2.37. The van der Waals surface area contributed by atoms with Gasteiger partial charge in [-0.1, -0.05) is 0 Å². The Labute approximate surface area is 96.9 Å². The fourth-order valence-corrected chi connectivity index (χ4v) is 2.37. The molecule has 4 heteroatoms. The van der Waals surface area contributed by atoms with Crippen LogP contribution in [0.3, 0.4) is 0 Å². The Morgan fingerprint density at radius 1 is 1.40 bits per heavy atom. The number of halogens is 1. The summed E-state index contributed by atoms with van der Waals surface area (Å²) in [7, 11) is 0. The third-order valence-electron chi connectivity index (χ3n) is 3.07. The van der Waals surface area contributed by atoms with Crippen LogP contribution in [0.5, 0.6) is 0 Å². The SMILES string of the molecule is CC(=O)C1(c2ccc(Br)o2)CCOCC1. The molecule has 2 rings (SSSR count). The van der Waals surface area contributed by atoms with Crippen LogP contribution in [0.25, 0.3) is 0 Å². The van der Waals surface area contributed by atoms with Gasteiger partial charge in [0, 0.05) is 13.2 Å². The number of hydrogen-bond donors (Lipinski definition) is 0. The predicted molar refractivity (Wildman–Crippen MR) is 58.8 cm³/mol. The second kappa shape index (κ2) is 4.10. The fourth-order valence-electron chi connectivity index (χ4n) is 2.06. The summed E-state index contributed by atoms with van der Waals surface area (Å²) in [5.74, 6) is 0.915. The first-order valence-electron chi connectivity index (χ1n) is 5.00. The highest BCUT2D eigenvalue weighted by Gasteiger charge is 2.41. The number of Topliss-reactive ketones (excluding diaryl/α,β-unsaturated/α-hetero) is 1. The Bertz CT molecular complexity index is 364. The molecule has 1 saturated heterocycles. The van der Waals surface area contributed by atoms with Crippen LogP contribution in [0.1, 0.15) is 25.5 Å². The van der Waals surface area contributed by atoms with Gasteiger partial charge in [0.05, 0.1) is 5.41 Å². The molecular formula is C11H13BrO3. The predicted octanol–water partition coefficient (Wildman–Crippen LogP) is 2.68. The molecule has 0 unspecified atom stereocenters. The standard InChI is InChI=1S/C11H13BrO3/c1-8(13)11(4-6-14-7-5-11)9-2-3-10(12)15-9/h2-3H,4-7H2,1H3. The van der Waals surface area contributed by atoms with E-state index in [4.69, 9.17) is 9.15 Å². The molecule has 1 aliphatic rings. The molecule has 0 atom stereocenters. The minimum atomic E-state index is -0.468. The largest absolute Gasteiger partial charge is 0.453 e.